The van der Waals surface area contributed by atoms with Crippen molar-refractivity contribution < 1.29 is 19.4 Å². The van der Waals surface area contributed by atoms with Gasteiger partial charge in [0.05, 0.1) is 0 Å². The third-order valence-corrected chi connectivity index (χ3v) is 5.04. The lowest BCUT2D eigenvalue weighted by Crippen LogP contribution is -2.36. The van der Waals surface area contributed by atoms with E-state index in [0.29, 0.717) is 11.3 Å². The number of carbonyl (C=O) groups excluding carboxylic acids is 1. The van der Waals surface area contributed by atoms with Gasteiger partial charge in [0.15, 0.2) is 12.6 Å². The molecule has 0 radical (unpaired) electrons. The first kappa shape index (κ1) is 18.3. The second-order valence-corrected chi connectivity index (χ2v) is 6.97. The molecule has 1 heterocycles. The Bertz CT molecular complexity index is 782. The number of carboxylic acid groups (broad SMARTS) is 1. The first-order valence-corrected chi connectivity index (χ1v) is 9.28. The Morgan fingerprint density at radius 1 is 1.23 bits per heavy atom. The summed E-state index contributed by atoms with van der Waals surface area (Å²) in [4.78, 5) is 24.7. The zero-order chi connectivity index (χ0) is 18.4. The normalized spacial score (nSPS) is 14.6. The van der Waals surface area contributed by atoms with E-state index in [9.17, 15) is 14.7 Å². The number of carbonyl (C=O) groups is 2. The lowest BCUT2D eigenvalue weighted by Gasteiger charge is -2.15. The molecule has 1 aliphatic heterocycles. The van der Waals surface area contributed by atoms with Gasteiger partial charge in [0.1, 0.15) is 5.75 Å². The van der Waals surface area contributed by atoms with Crippen molar-refractivity contribution in [1.29, 1.82) is 0 Å². The Labute approximate surface area is 155 Å². The van der Waals surface area contributed by atoms with Gasteiger partial charge in [-0.3, -0.25) is 4.79 Å². The van der Waals surface area contributed by atoms with Gasteiger partial charge in [-0.2, -0.15) is 0 Å². The Morgan fingerprint density at radius 2 is 2.04 bits per heavy atom. The molecule has 0 fully saturated rings. The number of nitrogens with one attached hydrogen (secondary N) is 2. The van der Waals surface area contributed by atoms with E-state index in [-0.39, 0.29) is 6.61 Å². The molecule has 0 unspecified atom stereocenters. The van der Waals surface area contributed by atoms with Crippen LogP contribution in [0.25, 0.3) is 0 Å². The maximum absolute atomic E-state index is 12.1. The number of fused-ring (bicyclic) bond motifs is 1. The van der Waals surface area contributed by atoms with Gasteiger partial charge in [-0.05, 0) is 23.3 Å². The summed E-state index contributed by atoms with van der Waals surface area (Å²) in [6.45, 7) is 1.53. The van der Waals surface area contributed by atoms with Gasteiger partial charge in [0, 0.05) is 23.7 Å². The number of thioether (sulfide) groups is 1. The van der Waals surface area contributed by atoms with E-state index >= 15 is 0 Å². The van der Waals surface area contributed by atoms with Crippen molar-refractivity contribution in [1.82, 2.24) is 10.6 Å². The highest BCUT2D eigenvalue weighted by atomic mass is 32.2. The fourth-order valence-electron chi connectivity index (χ4n) is 2.65. The largest absolute Gasteiger partial charge is 0.484 e. The van der Waals surface area contributed by atoms with Crippen LogP contribution in [-0.4, -0.2) is 35.9 Å². The Balaban J connectivity index is 1.60. The van der Waals surface area contributed by atoms with Crippen molar-refractivity contribution in [3.05, 3.63) is 59.7 Å². The Hall–Kier alpha value is -2.51. The lowest BCUT2D eigenvalue weighted by atomic mass is 10.1. The van der Waals surface area contributed by atoms with Gasteiger partial charge in [0.2, 0.25) is 0 Å². The molecule has 2 aromatic carbocycles. The summed E-state index contributed by atoms with van der Waals surface area (Å²) < 4.78 is 5.55. The summed E-state index contributed by atoms with van der Waals surface area (Å²) in [5.74, 6) is -0.0159. The average Bonchev–Trinajstić information content (AvgIpc) is 2.89. The quantitative estimate of drug-likeness (QED) is 0.721. The number of hydrogen-bond acceptors (Lipinski definition) is 5. The number of rotatable bonds is 6. The minimum Gasteiger partial charge on any atom is -0.484 e. The number of hydrogen-bond donors (Lipinski definition) is 3. The predicted molar refractivity (Wildman–Crippen MR) is 99.3 cm³/mol. The minimum absolute atomic E-state index is 0.238. The van der Waals surface area contributed by atoms with Crippen LogP contribution < -0.4 is 15.4 Å². The van der Waals surface area contributed by atoms with E-state index in [4.69, 9.17) is 4.74 Å². The number of aliphatic carboxylic acids is 1. The van der Waals surface area contributed by atoms with E-state index in [0.717, 1.165) is 23.7 Å². The van der Waals surface area contributed by atoms with Crippen LogP contribution >= 0.6 is 11.8 Å². The molecule has 0 saturated heterocycles. The third kappa shape index (κ3) is 4.77. The van der Waals surface area contributed by atoms with Crippen LogP contribution in [0.2, 0.25) is 0 Å². The topological polar surface area (TPSA) is 87.7 Å². The summed E-state index contributed by atoms with van der Waals surface area (Å²) in [5, 5.41) is 15.2. The molecule has 0 spiro atoms. The van der Waals surface area contributed by atoms with Gasteiger partial charge in [-0.1, -0.05) is 36.4 Å². The van der Waals surface area contributed by atoms with E-state index in [2.05, 4.69) is 10.6 Å². The minimum atomic E-state index is -1.11. The van der Waals surface area contributed by atoms with Crippen LogP contribution in [0.1, 0.15) is 17.2 Å². The fraction of sp³-hybridized carbons (Fsp3) is 0.263. The summed E-state index contributed by atoms with van der Waals surface area (Å²) in [6.07, 6.45) is 0. The van der Waals surface area contributed by atoms with Crippen molar-refractivity contribution in [3.63, 3.8) is 0 Å². The zero-order valence-corrected chi connectivity index (χ0v) is 14.9. The molecule has 3 N–H and O–H groups in total. The first-order chi connectivity index (χ1) is 12.6. The van der Waals surface area contributed by atoms with Crippen LogP contribution in [0.3, 0.4) is 0 Å². The molecule has 0 aromatic heterocycles. The predicted octanol–water partition coefficient (Wildman–Crippen LogP) is 2.20. The highest BCUT2D eigenvalue weighted by Gasteiger charge is 2.22. The van der Waals surface area contributed by atoms with Crippen molar-refractivity contribution in [2.45, 2.75) is 17.5 Å². The molecule has 7 heteroatoms. The molecule has 136 valence electrons. The first-order valence-electron chi connectivity index (χ1n) is 8.30. The van der Waals surface area contributed by atoms with Crippen molar-refractivity contribution >= 4 is 23.6 Å². The van der Waals surface area contributed by atoms with E-state index in [1.54, 1.807) is 42.1 Å². The van der Waals surface area contributed by atoms with Crippen LogP contribution in [-0.2, 0) is 16.1 Å². The summed E-state index contributed by atoms with van der Waals surface area (Å²) in [7, 11) is 0. The molecule has 26 heavy (non-hydrogen) atoms. The van der Waals surface area contributed by atoms with Gasteiger partial charge in [-0.25, -0.2) is 4.79 Å². The lowest BCUT2D eigenvalue weighted by molar-refractivity contribution is -0.142. The number of amides is 1. The standard InChI is InChI=1S/C19H20N2O4S/c22-17(21-18(19(23)24)13-4-2-1-3-5-13)12-25-15-7-6-14-11-20-8-9-26-16(14)10-15/h1-7,10,18,20H,8-9,11-12H2,(H,21,22)(H,23,24)/t18-/m1/s1. The Morgan fingerprint density at radius 3 is 2.81 bits per heavy atom. The SMILES string of the molecule is O=C(COc1ccc2c(c1)SCCNC2)N[C@@H](C(=O)O)c1ccccc1. The molecule has 1 aliphatic rings. The molecule has 3 rings (SSSR count). The van der Waals surface area contributed by atoms with Crippen molar-refractivity contribution in [2.24, 2.45) is 0 Å². The highest BCUT2D eigenvalue weighted by Crippen LogP contribution is 2.28. The average molecular weight is 372 g/mol. The Kier molecular flexibility index (Phi) is 6.14. The second kappa shape index (κ2) is 8.73. The van der Waals surface area contributed by atoms with Gasteiger partial charge < -0.3 is 20.5 Å². The molecule has 1 amide bonds. The summed E-state index contributed by atoms with van der Waals surface area (Å²) in [6, 6.07) is 13.2. The van der Waals surface area contributed by atoms with Crippen LogP contribution in [0.15, 0.2) is 53.4 Å². The molecular weight excluding hydrogens is 352 g/mol. The van der Waals surface area contributed by atoms with E-state index < -0.39 is 17.9 Å². The smallest absolute Gasteiger partial charge is 0.330 e. The maximum Gasteiger partial charge on any atom is 0.330 e. The van der Waals surface area contributed by atoms with Gasteiger partial charge >= 0.3 is 5.97 Å². The number of benzene rings is 2. The molecule has 6 nitrogen and oxygen atoms in total. The molecule has 0 aliphatic carbocycles. The maximum atomic E-state index is 12.1. The van der Waals surface area contributed by atoms with Crippen LogP contribution in [0.4, 0.5) is 0 Å². The van der Waals surface area contributed by atoms with Gasteiger partial charge in [0.25, 0.3) is 5.91 Å². The van der Waals surface area contributed by atoms with Crippen molar-refractivity contribution in [3.8, 4) is 5.75 Å². The number of ether oxygens (including phenoxy) is 1. The highest BCUT2D eigenvalue weighted by molar-refractivity contribution is 7.99. The van der Waals surface area contributed by atoms with Crippen molar-refractivity contribution in [2.75, 3.05) is 18.9 Å². The second-order valence-electron chi connectivity index (χ2n) is 5.83. The monoisotopic (exact) mass is 372 g/mol. The summed E-state index contributed by atoms with van der Waals surface area (Å²) in [5.41, 5.74) is 1.72. The molecule has 0 saturated carbocycles. The summed E-state index contributed by atoms with van der Waals surface area (Å²) >= 11 is 1.75. The molecule has 0 bridgehead atoms. The van der Waals surface area contributed by atoms with E-state index in [1.165, 1.54) is 5.56 Å². The molecule has 2 aromatic rings. The van der Waals surface area contributed by atoms with Crippen LogP contribution in [0, 0.1) is 0 Å². The molecular formula is C19H20N2O4S. The zero-order valence-electron chi connectivity index (χ0n) is 14.1. The third-order valence-electron chi connectivity index (χ3n) is 3.95. The van der Waals surface area contributed by atoms with Gasteiger partial charge in [-0.15, -0.1) is 11.8 Å². The molecule has 1 atom stereocenters. The van der Waals surface area contributed by atoms with E-state index in [1.807, 2.05) is 18.2 Å². The fourth-order valence-corrected chi connectivity index (χ4v) is 3.64. The number of carboxylic acids is 1. The van der Waals surface area contributed by atoms with Crippen LogP contribution in [0.5, 0.6) is 5.75 Å².